The molecule has 0 aliphatic heterocycles. The van der Waals surface area contributed by atoms with E-state index < -0.39 is 0 Å². The van der Waals surface area contributed by atoms with Gasteiger partial charge in [-0.25, -0.2) is 0 Å². The predicted octanol–water partition coefficient (Wildman–Crippen LogP) is 2.04. The summed E-state index contributed by atoms with van der Waals surface area (Å²) in [5.41, 5.74) is 1.00. The predicted molar refractivity (Wildman–Crippen MR) is 77.2 cm³/mol. The summed E-state index contributed by atoms with van der Waals surface area (Å²) in [7, 11) is 1.64. The molecule has 1 rings (SSSR count). The van der Waals surface area contributed by atoms with Crippen molar-refractivity contribution >= 4 is 5.91 Å². The van der Waals surface area contributed by atoms with E-state index in [2.05, 4.69) is 24.1 Å². The number of hydrogen-bond acceptors (Lipinski definition) is 3. The second kappa shape index (κ2) is 8.53. The number of benzene rings is 1. The molecule has 0 bridgehead atoms. The van der Waals surface area contributed by atoms with Gasteiger partial charge < -0.3 is 15.0 Å². The van der Waals surface area contributed by atoms with E-state index in [-0.39, 0.29) is 5.91 Å². The van der Waals surface area contributed by atoms with E-state index in [0.717, 1.165) is 30.9 Å². The average molecular weight is 264 g/mol. The van der Waals surface area contributed by atoms with Crippen LogP contribution in [0, 0.1) is 0 Å². The molecule has 1 aromatic carbocycles. The van der Waals surface area contributed by atoms with Crippen LogP contribution in [0.2, 0.25) is 0 Å². The molecule has 0 aliphatic rings. The minimum atomic E-state index is 0.0813. The summed E-state index contributed by atoms with van der Waals surface area (Å²) in [6.45, 7) is 7.50. The molecule has 0 atom stereocenters. The summed E-state index contributed by atoms with van der Waals surface area (Å²) in [5.74, 6) is 0.893. The van der Waals surface area contributed by atoms with Gasteiger partial charge >= 0.3 is 0 Å². The zero-order valence-corrected chi connectivity index (χ0v) is 12.1. The third-order valence-electron chi connectivity index (χ3n) is 3.22. The van der Waals surface area contributed by atoms with Crippen molar-refractivity contribution < 1.29 is 9.53 Å². The van der Waals surface area contributed by atoms with Gasteiger partial charge in [-0.1, -0.05) is 32.0 Å². The van der Waals surface area contributed by atoms with Crippen LogP contribution < -0.4 is 10.1 Å². The van der Waals surface area contributed by atoms with Crippen LogP contribution in [0.5, 0.6) is 5.75 Å². The number of amides is 1. The van der Waals surface area contributed by atoms with Crippen LogP contribution in [0.15, 0.2) is 24.3 Å². The first-order valence-electron chi connectivity index (χ1n) is 6.82. The normalized spacial score (nSPS) is 10.5. The van der Waals surface area contributed by atoms with Gasteiger partial charge in [-0.05, 0) is 19.2 Å². The molecule has 1 N–H and O–H groups in total. The highest BCUT2D eigenvalue weighted by molar-refractivity contribution is 5.76. The molecule has 0 spiro atoms. The SMILES string of the molecule is CCN(CC)CCC(=O)NCc1ccccc1OC. The Bertz CT molecular complexity index is 389. The van der Waals surface area contributed by atoms with Crippen LogP contribution in [0.4, 0.5) is 0 Å². The molecule has 0 saturated carbocycles. The Labute approximate surface area is 115 Å². The summed E-state index contributed by atoms with van der Waals surface area (Å²) in [5, 5.41) is 2.93. The van der Waals surface area contributed by atoms with Crippen LogP contribution in [0.1, 0.15) is 25.8 Å². The van der Waals surface area contributed by atoms with E-state index in [1.807, 2.05) is 24.3 Å². The van der Waals surface area contributed by atoms with Crippen LogP contribution in [-0.2, 0) is 11.3 Å². The third-order valence-corrected chi connectivity index (χ3v) is 3.22. The molecule has 4 nitrogen and oxygen atoms in total. The molecule has 4 heteroatoms. The molecule has 106 valence electrons. The van der Waals surface area contributed by atoms with Crippen molar-refractivity contribution in [1.29, 1.82) is 0 Å². The molecular weight excluding hydrogens is 240 g/mol. The fourth-order valence-electron chi connectivity index (χ4n) is 1.93. The Morgan fingerprint density at radius 3 is 2.58 bits per heavy atom. The number of ether oxygens (including phenoxy) is 1. The lowest BCUT2D eigenvalue weighted by Gasteiger charge is -2.17. The molecule has 0 fully saturated rings. The van der Waals surface area contributed by atoms with Gasteiger partial charge in [0, 0.05) is 25.1 Å². The van der Waals surface area contributed by atoms with Gasteiger partial charge in [-0.2, -0.15) is 0 Å². The van der Waals surface area contributed by atoms with Gasteiger partial charge in [0.05, 0.1) is 7.11 Å². The monoisotopic (exact) mass is 264 g/mol. The Hall–Kier alpha value is -1.55. The molecule has 0 aromatic heterocycles. The van der Waals surface area contributed by atoms with E-state index in [1.165, 1.54) is 0 Å². The highest BCUT2D eigenvalue weighted by atomic mass is 16.5. The van der Waals surface area contributed by atoms with Crippen molar-refractivity contribution in [3.63, 3.8) is 0 Å². The minimum Gasteiger partial charge on any atom is -0.496 e. The smallest absolute Gasteiger partial charge is 0.221 e. The molecule has 0 heterocycles. The second-order valence-corrected chi connectivity index (χ2v) is 4.37. The van der Waals surface area contributed by atoms with Crippen molar-refractivity contribution in [3.05, 3.63) is 29.8 Å². The quantitative estimate of drug-likeness (QED) is 0.781. The number of methoxy groups -OCH3 is 1. The maximum Gasteiger partial charge on any atom is 0.221 e. The number of nitrogens with one attached hydrogen (secondary N) is 1. The summed E-state index contributed by atoms with van der Waals surface area (Å²) in [6.07, 6.45) is 0.539. The van der Waals surface area contributed by atoms with E-state index >= 15 is 0 Å². The Balaban J connectivity index is 2.37. The highest BCUT2D eigenvalue weighted by Gasteiger charge is 2.06. The lowest BCUT2D eigenvalue weighted by Crippen LogP contribution is -2.30. The van der Waals surface area contributed by atoms with Gasteiger partial charge in [-0.15, -0.1) is 0 Å². The minimum absolute atomic E-state index is 0.0813. The zero-order valence-electron chi connectivity index (χ0n) is 12.1. The van der Waals surface area contributed by atoms with Crippen LogP contribution in [-0.4, -0.2) is 37.6 Å². The maximum absolute atomic E-state index is 11.8. The summed E-state index contributed by atoms with van der Waals surface area (Å²) < 4.78 is 5.25. The van der Waals surface area contributed by atoms with E-state index in [1.54, 1.807) is 7.11 Å². The van der Waals surface area contributed by atoms with Gasteiger partial charge in [0.15, 0.2) is 0 Å². The van der Waals surface area contributed by atoms with Gasteiger partial charge in [0.2, 0.25) is 5.91 Å². The number of carbonyl (C=O) groups excluding carboxylic acids is 1. The number of carbonyl (C=O) groups is 1. The van der Waals surface area contributed by atoms with E-state index in [0.29, 0.717) is 13.0 Å². The lowest BCUT2D eigenvalue weighted by molar-refractivity contribution is -0.121. The first-order chi connectivity index (χ1) is 9.21. The first-order valence-corrected chi connectivity index (χ1v) is 6.82. The van der Waals surface area contributed by atoms with Gasteiger partial charge in [0.25, 0.3) is 0 Å². The number of hydrogen-bond donors (Lipinski definition) is 1. The Morgan fingerprint density at radius 2 is 1.95 bits per heavy atom. The topological polar surface area (TPSA) is 41.6 Å². The summed E-state index contributed by atoms with van der Waals surface area (Å²) >= 11 is 0. The summed E-state index contributed by atoms with van der Waals surface area (Å²) in [4.78, 5) is 14.0. The van der Waals surface area contributed by atoms with Crippen molar-refractivity contribution in [3.8, 4) is 5.75 Å². The zero-order chi connectivity index (χ0) is 14.1. The first kappa shape index (κ1) is 15.5. The fourth-order valence-corrected chi connectivity index (χ4v) is 1.93. The Morgan fingerprint density at radius 1 is 1.26 bits per heavy atom. The fraction of sp³-hybridized carbons (Fsp3) is 0.533. The maximum atomic E-state index is 11.8. The van der Waals surface area contributed by atoms with Crippen molar-refractivity contribution in [2.75, 3.05) is 26.7 Å². The number of para-hydroxylation sites is 1. The van der Waals surface area contributed by atoms with Gasteiger partial charge in [0.1, 0.15) is 5.75 Å². The molecule has 0 saturated heterocycles. The third kappa shape index (κ3) is 5.30. The van der Waals surface area contributed by atoms with Crippen molar-refractivity contribution in [2.24, 2.45) is 0 Å². The summed E-state index contributed by atoms with van der Waals surface area (Å²) in [6, 6.07) is 7.73. The number of rotatable bonds is 8. The molecule has 1 aromatic rings. The van der Waals surface area contributed by atoms with Crippen molar-refractivity contribution in [1.82, 2.24) is 10.2 Å². The van der Waals surface area contributed by atoms with Crippen LogP contribution in [0.3, 0.4) is 0 Å². The molecular formula is C15H24N2O2. The molecule has 19 heavy (non-hydrogen) atoms. The van der Waals surface area contributed by atoms with Gasteiger partial charge in [-0.3, -0.25) is 4.79 Å². The van der Waals surface area contributed by atoms with E-state index in [4.69, 9.17) is 4.74 Å². The molecule has 0 radical (unpaired) electrons. The largest absolute Gasteiger partial charge is 0.496 e. The number of nitrogens with zero attached hydrogens (tertiary/aromatic N) is 1. The van der Waals surface area contributed by atoms with Crippen LogP contribution >= 0.6 is 0 Å². The van der Waals surface area contributed by atoms with Crippen molar-refractivity contribution in [2.45, 2.75) is 26.8 Å². The second-order valence-electron chi connectivity index (χ2n) is 4.37. The average Bonchev–Trinajstić information content (AvgIpc) is 2.46. The molecule has 0 unspecified atom stereocenters. The highest BCUT2D eigenvalue weighted by Crippen LogP contribution is 2.16. The van der Waals surface area contributed by atoms with E-state index in [9.17, 15) is 4.79 Å². The lowest BCUT2D eigenvalue weighted by atomic mass is 10.2. The van der Waals surface area contributed by atoms with Crippen LogP contribution in [0.25, 0.3) is 0 Å². The molecule has 0 aliphatic carbocycles. The molecule has 1 amide bonds. The Kier molecular flexibility index (Phi) is 6.97. The standard InChI is InChI=1S/C15H24N2O2/c1-4-17(5-2)11-10-15(18)16-12-13-8-6-7-9-14(13)19-3/h6-9H,4-5,10-12H2,1-3H3,(H,16,18).